The lowest BCUT2D eigenvalue weighted by Crippen LogP contribution is -2.00. The lowest BCUT2D eigenvalue weighted by atomic mass is 10.1. The number of carbonyl (C=O) groups excluding carboxylic acids is 1. The second-order valence-corrected chi connectivity index (χ2v) is 4.94. The van der Waals surface area contributed by atoms with Gasteiger partial charge < -0.3 is 4.74 Å². The Balaban J connectivity index is 2.27. The minimum absolute atomic E-state index is 0.0234. The van der Waals surface area contributed by atoms with E-state index in [1.54, 1.807) is 12.1 Å². The summed E-state index contributed by atoms with van der Waals surface area (Å²) in [5.41, 5.74) is 2.75. The summed E-state index contributed by atoms with van der Waals surface area (Å²) >= 11 is 0. The lowest BCUT2D eigenvalue weighted by molar-refractivity contribution is 0.104. The first-order chi connectivity index (χ1) is 10.5. The standard InChI is InChI=1S/C17H19FN2O2/c1-5-20-12(3)14(11(2)19-20)8-9-17(21)15-7-6-13(22-4)10-16(15)18/h6-10H,5H2,1-4H3. The number of hydrogen-bond acceptors (Lipinski definition) is 3. The number of hydrogen-bond donors (Lipinski definition) is 0. The number of aryl methyl sites for hydroxylation is 2. The molecule has 0 bridgehead atoms. The molecule has 22 heavy (non-hydrogen) atoms. The Morgan fingerprint density at radius 1 is 1.41 bits per heavy atom. The zero-order valence-electron chi connectivity index (χ0n) is 13.2. The van der Waals surface area contributed by atoms with E-state index in [4.69, 9.17) is 4.74 Å². The van der Waals surface area contributed by atoms with Gasteiger partial charge in [-0.05, 0) is 45.1 Å². The van der Waals surface area contributed by atoms with E-state index in [2.05, 4.69) is 5.10 Å². The second kappa shape index (κ2) is 6.56. The van der Waals surface area contributed by atoms with Crippen LogP contribution in [0.2, 0.25) is 0 Å². The maximum atomic E-state index is 13.9. The maximum Gasteiger partial charge on any atom is 0.188 e. The molecule has 0 unspecified atom stereocenters. The Morgan fingerprint density at radius 2 is 2.14 bits per heavy atom. The van der Waals surface area contributed by atoms with Gasteiger partial charge in [-0.25, -0.2) is 4.39 Å². The van der Waals surface area contributed by atoms with Crippen LogP contribution in [0.3, 0.4) is 0 Å². The predicted molar refractivity (Wildman–Crippen MR) is 83.7 cm³/mol. The molecule has 0 saturated carbocycles. The average Bonchev–Trinajstić information content (AvgIpc) is 2.78. The highest BCUT2D eigenvalue weighted by Gasteiger charge is 2.12. The van der Waals surface area contributed by atoms with Gasteiger partial charge in [-0.1, -0.05) is 0 Å². The van der Waals surface area contributed by atoms with Gasteiger partial charge in [-0.15, -0.1) is 0 Å². The number of ketones is 1. The molecule has 0 aliphatic carbocycles. The van der Waals surface area contributed by atoms with Crippen LogP contribution >= 0.6 is 0 Å². The molecule has 0 spiro atoms. The van der Waals surface area contributed by atoms with Crippen molar-refractivity contribution in [2.24, 2.45) is 0 Å². The molecular formula is C17H19FN2O2. The van der Waals surface area contributed by atoms with E-state index >= 15 is 0 Å². The van der Waals surface area contributed by atoms with Crippen LogP contribution in [0.15, 0.2) is 24.3 Å². The molecule has 116 valence electrons. The monoisotopic (exact) mass is 302 g/mol. The maximum absolute atomic E-state index is 13.9. The van der Waals surface area contributed by atoms with Crippen molar-refractivity contribution in [1.29, 1.82) is 0 Å². The minimum Gasteiger partial charge on any atom is -0.497 e. The topological polar surface area (TPSA) is 44.1 Å². The molecule has 0 amide bonds. The van der Waals surface area contributed by atoms with Crippen molar-refractivity contribution in [3.05, 3.63) is 52.6 Å². The molecule has 2 rings (SSSR count). The summed E-state index contributed by atoms with van der Waals surface area (Å²) < 4.78 is 20.7. The number of methoxy groups -OCH3 is 1. The number of rotatable bonds is 5. The normalized spacial score (nSPS) is 11.1. The van der Waals surface area contributed by atoms with Crippen molar-refractivity contribution < 1.29 is 13.9 Å². The van der Waals surface area contributed by atoms with Crippen molar-refractivity contribution in [2.75, 3.05) is 7.11 Å². The number of allylic oxidation sites excluding steroid dienone is 1. The van der Waals surface area contributed by atoms with Crippen LogP contribution in [-0.4, -0.2) is 22.7 Å². The van der Waals surface area contributed by atoms with Crippen LogP contribution in [0.1, 0.15) is 34.2 Å². The third-order valence-electron chi connectivity index (χ3n) is 3.58. The van der Waals surface area contributed by atoms with Crippen LogP contribution in [-0.2, 0) is 6.54 Å². The summed E-state index contributed by atoms with van der Waals surface area (Å²) in [5, 5.41) is 4.38. The molecule has 1 aromatic carbocycles. The van der Waals surface area contributed by atoms with Crippen LogP contribution in [0, 0.1) is 19.7 Å². The van der Waals surface area contributed by atoms with Crippen molar-refractivity contribution >= 4 is 11.9 Å². The Kier molecular flexibility index (Phi) is 4.75. The molecular weight excluding hydrogens is 283 g/mol. The summed E-state index contributed by atoms with van der Waals surface area (Å²) in [6, 6.07) is 4.19. The molecule has 0 N–H and O–H groups in total. The number of nitrogens with zero attached hydrogens (tertiary/aromatic N) is 2. The van der Waals surface area contributed by atoms with Gasteiger partial charge in [0, 0.05) is 23.9 Å². The molecule has 1 aromatic heterocycles. The van der Waals surface area contributed by atoms with Gasteiger partial charge in [0.2, 0.25) is 0 Å². The number of aromatic nitrogens is 2. The van der Waals surface area contributed by atoms with Crippen LogP contribution in [0.4, 0.5) is 4.39 Å². The van der Waals surface area contributed by atoms with Crippen LogP contribution in [0.25, 0.3) is 6.08 Å². The fourth-order valence-electron chi connectivity index (χ4n) is 2.33. The van der Waals surface area contributed by atoms with E-state index in [1.165, 1.54) is 25.3 Å². The highest BCUT2D eigenvalue weighted by molar-refractivity contribution is 6.07. The average molecular weight is 302 g/mol. The summed E-state index contributed by atoms with van der Waals surface area (Å²) in [5.74, 6) is -0.594. The zero-order valence-corrected chi connectivity index (χ0v) is 13.2. The number of ether oxygens (including phenoxy) is 1. The van der Waals surface area contributed by atoms with Gasteiger partial charge in [0.15, 0.2) is 5.78 Å². The smallest absolute Gasteiger partial charge is 0.188 e. The van der Waals surface area contributed by atoms with E-state index < -0.39 is 5.82 Å². The Labute approximate surface area is 129 Å². The molecule has 0 saturated heterocycles. The van der Waals surface area contributed by atoms with Crippen molar-refractivity contribution in [3.8, 4) is 5.75 Å². The van der Waals surface area contributed by atoms with Crippen molar-refractivity contribution in [3.63, 3.8) is 0 Å². The van der Waals surface area contributed by atoms with E-state index in [1.807, 2.05) is 25.5 Å². The highest BCUT2D eigenvalue weighted by Crippen LogP contribution is 2.19. The molecule has 1 heterocycles. The second-order valence-electron chi connectivity index (χ2n) is 4.94. The van der Waals surface area contributed by atoms with E-state index in [0.717, 1.165) is 23.5 Å². The van der Waals surface area contributed by atoms with Gasteiger partial charge in [0.05, 0.1) is 18.4 Å². The number of benzene rings is 1. The molecule has 0 atom stereocenters. The van der Waals surface area contributed by atoms with Crippen LogP contribution < -0.4 is 4.74 Å². The van der Waals surface area contributed by atoms with E-state index in [9.17, 15) is 9.18 Å². The van der Waals surface area contributed by atoms with Crippen LogP contribution in [0.5, 0.6) is 5.75 Å². The fourth-order valence-corrected chi connectivity index (χ4v) is 2.33. The molecule has 4 nitrogen and oxygen atoms in total. The summed E-state index contributed by atoms with van der Waals surface area (Å²) in [6.07, 6.45) is 3.07. The minimum atomic E-state index is -0.591. The number of carbonyl (C=O) groups is 1. The quantitative estimate of drug-likeness (QED) is 0.626. The Morgan fingerprint density at radius 3 is 2.68 bits per heavy atom. The molecule has 2 aromatic rings. The molecule has 0 aliphatic heterocycles. The van der Waals surface area contributed by atoms with Gasteiger partial charge in [-0.3, -0.25) is 9.48 Å². The van der Waals surface area contributed by atoms with Gasteiger partial charge in [-0.2, -0.15) is 5.10 Å². The van der Waals surface area contributed by atoms with Gasteiger partial charge in [0.25, 0.3) is 0 Å². The first-order valence-corrected chi connectivity index (χ1v) is 7.07. The third kappa shape index (κ3) is 3.08. The molecule has 0 aliphatic rings. The largest absolute Gasteiger partial charge is 0.497 e. The summed E-state index contributed by atoms with van der Waals surface area (Å²) in [6.45, 7) is 6.60. The van der Waals surface area contributed by atoms with Gasteiger partial charge in [0.1, 0.15) is 11.6 Å². The van der Waals surface area contributed by atoms with E-state index in [0.29, 0.717) is 5.75 Å². The zero-order chi connectivity index (χ0) is 16.3. The predicted octanol–water partition coefficient (Wildman–Crippen LogP) is 3.56. The third-order valence-corrected chi connectivity index (χ3v) is 3.58. The summed E-state index contributed by atoms with van der Waals surface area (Å²) in [4.78, 5) is 12.1. The first kappa shape index (κ1) is 15.9. The van der Waals surface area contributed by atoms with E-state index in [-0.39, 0.29) is 11.3 Å². The first-order valence-electron chi connectivity index (χ1n) is 7.07. The Hall–Kier alpha value is -2.43. The number of halogens is 1. The lowest BCUT2D eigenvalue weighted by Gasteiger charge is -2.02. The van der Waals surface area contributed by atoms with Crippen molar-refractivity contribution in [1.82, 2.24) is 9.78 Å². The molecule has 0 radical (unpaired) electrons. The fraction of sp³-hybridized carbons (Fsp3) is 0.294. The molecule has 5 heteroatoms. The van der Waals surface area contributed by atoms with Crippen molar-refractivity contribution in [2.45, 2.75) is 27.3 Å². The summed E-state index contributed by atoms with van der Waals surface area (Å²) in [7, 11) is 1.45. The molecule has 0 fully saturated rings. The van der Waals surface area contributed by atoms with Gasteiger partial charge >= 0.3 is 0 Å². The highest BCUT2D eigenvalue weighted by atomic mass is 19.1. The SMILES string of the molecule is CCn1nc(C)c(C=CC(=O)c2ccc(OC)cc2F)c1C. The Bertz CT molecular complexity index is 733.